The Morgan fingerprint density at radius 2 is 1.17 bits per heavy atom. The molecule has 0 amide bonds. The standard InChI is InChI=1S/C32H21N3/c1-3-13-23(14-4-1)29-31-30(27-19-9-10-21-28(27)35(31)24-16-5-2-6-17-24)34-32(33-29)26-20-11-15-22-12-7-8-18-25(22)26/h1-21H. The summed E-state index contributed by atoms with van der Waals surface area (Å²) in [6.07, 6.45) is 0. The molecule has 2 heterocycles. The van der Waals surface area contributed by atoms with E-state index < -0.39 is 0 Å². The molecule has 0 fully saturated rings. The molecule has 0 N–H and O–H groups in total. The number of hydrogen-bond acceptors (Lipinski definition) is 2. The molecule has 3 heteroatoms. The fourth-order valence-electron chi connectivity index (χ4n) is 5.03. The van der Waals surface area contributed by atoms with Crippen LogP contribution in [0.4, 0.5) is 0 Å². The van der Waals surface area contributed by atoms with E-state index in [2.05, 4.69) is 120 Å². The fourth-order valence-corrected chi connectivity index (χ4v) is 5.03. The first-order chi connectivity index (χ1) is 17.4. The Bertz CT molecular complexity index is 1830. The van der Waals surface area contributed by atoms with Gasteiger partial charge in [-0.05, 0) is 29.0 Å². The molecule has 0 spiro atoms. The Morgan fingerprint density at radius 3 is 2.00 bits per heavy atom. The highest BCUT2D eigenvalue weighted by Crippen LogP contribution is 2.38. The summed E-state index contributed by atoms with van der Waals surface area (Å²) in [6, 6.07) is 44.1. The van der Waals surface area contributed by atoms with Crippen molar-refractivity contribution in [3.8, 4) is 28.3 Å². The van der Waals surface area contributed by atoms with Crippen LogP contribution in [-0.4, -0.2) is 14.5 Å². The second-order valence-corrected chi connectivity index (χ2v) is 8.67. The predicted molar refractivity (Wildman–Crippen MR) is 145 cm³/mol. The van der Waals surface area contributed by atoms with Crippen molar-refractivity contribution in [3.63, 3.8) is 0 Å². The molecule has 0 atom stereocenters. The zero-order valence-corrected chi connectivity index (χ0v) is 19.0. The normalized spacial score (nSPS) is 11.4. The van der Waals surface area contributed by atoms with E-state index in [4.69, 9.17) is 9.97 Å². The van der Waals surface area contributed by atoms with Gasteiger partial charge in [-0.25, -0.2) is 9.97 Å². The minimum Gasteiger partial charge on any atom is -0.306 e. The summed E-state index contributed by atoms with van der Waals surface area (Å²) in [7, 11) is 0. The van der Waals surface area contributed by atoms with E-state index >= 15 is 0 Å². The molecule has 0 unspecified atom stereocenters. The molecule has 2 aromatic heterocycles. The highest BCUT2D eigenvalue weighted by atomic mass is 15.0. The average Bonchev–Trinajstić information content (AvgIpc) is 3.27. The molecule has 0 aliphatic rings. The van der Waals surface area contributed by atoms with Crippen molar-refractivity contribution in [2.75, 3.05) is 0 Å². The molecule has 0 saturated carbocycles. The van der Waals surface area contributed by atoms with Gasteiger partial charge < -0.3 is 4.57 Å². The quantitative estimate of drug-likeness (QED) is 0.274. The Hall–Kier alpha value is -4.76. The Kier molecular flexibility index (Phi) is 4.46. The molecule has 0 bridgehead atoms. The van der Waals surface area contributed by atoms with E-state index in [0.717, 1.165) is 55.7 Å². The molecule has 35 heavy (non-hydrogen) atoms. The van der Waals surface area contributed by atoms with Crippen LogP contribution < -0.4 is 0 Å². The molecule has 164 valence electrons. The highest BCUT2D eigenvalue weighted by molar-refractivity contribution is 6.12. The number of fused-ring (bicyclic) bond motifs is 4. The van der Waals surface area contributed by atoms with Gasteiger partial charge in [0.2, 0.25) is 0 Å². The maximum atomic E-state index is 5.24. The van der Waals surface area contributed by atoms with Crippen molar-refractivity contribution in [1.29, 1.82) is 0 Å². The van der Waals surface area contributed by atoms with Crippen molar-refractivity contribution >= 4 is 32.7 Å². The van der Waals surface area contributed by atoms with Crippen LogP contribution in [0.25, 0.3) is 61.0 Å². The Balaban J connectivity index is 1.66. The van der Waals surface area contributed by atoms with Gasteiger partial charge in [-0.1, -0.05) is 109 Å². The van der Waals surface area contributed by atoms with Crippen molar-refractivity contribution in [2.24, 2.45) is 0 Å². The Labute approximate surface area is 203 Å². The smallest absolute Gasteiger partial charge is 0.161 e. The van der Waals surface area contributed by atoms with Crippen molar-refractivity contribution < 1.29 is 0 Å². The molecule has 0 aliphatic carbocycles. The number of hydrogen-bond donors (Lipinski definition) is 0. The van der Waals surface area contributed by atoms with Gasteiger partial charge in [0, 0.05) is 22.2 Å². The lowest BCUT2D eigenvalue weighted by Gasteiger charge is -2.13. The van der Waals surface area contributed by atoms with E-state index in [1.165, 1.54) is 5.39 Å². The monoisotopic (exact) mass is 447 g/mol. The van der Waals surface area contributed by atoms with Crippen LogP contribution in [0.5, 0.6) is 0 Å². The molecule has 0 radical (unpaired) electrons. The summed E-state index contributed by atoms with van der Waals surface area (Å²) in [5.74, 6) is 0.740. The molecule has 0 saturated heterocycles. The van der Waals surface area contributed by atoms with Gasteiger partial charge in [-0.2, -0.15) is 0 Å². The highest BCUT2D eigenvalue weighted by Gasteiger charge is 2.21. The number of rotatable bonds is 3. The first-order valence-electron chi connectivity index (χ1n) is 11.8. The Morgan fingerprint density at radius 1 is 0.514 bits per heavy atom. The van der Waals surface area contributed by atoms with Gasteiger partial charge in [0.25, 0.3) is 0 Å². The third-order valence-electron chi connectivity index (χ3n) is 6.60. The van der Waals surface area contributed by atoms with Crippen molar-refractivity contribution in [1.82, 2.24) is 14.5 Å². The van der Waals surface area contributed by atoms with E-state index in [1.807, 2.05) is 12.1 Å². The molecular weight excluding hydrogens is 426 g/mol. The predicted octanol–water partition coefficient (Wildman–Crippen LogP) is 8.06. The molecule has 3 nitrogen and oxygen atoms in total. The van der Waals surface area contributed by atoms with Crippen LogP contribution in [0.3, 0.4) is 0 Å². The van der Waals surface area contributed by atoms with E-state index in [-0.39, 0.29) is 0 Å². The van der Waals surface area contributed by atoms with E-state index in [0.29, 0.717) is 0 Å². The lowest BCUT2D eigenvalue weighted by molar-refractivity contribution is 1.15. The van der Waals surface area contributed by atoms with Crippen LogP contribution in [-0.2, 0) is 0 Å². The zero-order chi connectivity index (χ0) is 23.2. The van der Waals surface area contributed by atoms with Crippen LogP contribution in [0.1, 0.15) is 0 Å². The summed E-state index contributed by atoms with van der Waals surface area (Å²) >= 11 is 0. The summed E-state index contributed by atoms with van der Waals surface area (Å²) in [5, 5.41) is 3.45. The molecule has 0 aliphatic heterocycles. The SMILES string of the molecule is c1ccc(-c2nc(-c3cccc4ccccc34)nc3c4ccccc4n(-c4ccccc4)c23)cc1. The number of para-hydroxylation sites is 2. The van der Waals surface area contributed by atoms with Crippen LogP contribution in [0.2, 0.25) is 0 Å². The molecule has 7 aromatic rings. The van der Waals surface area contributed by atoms with Gasteiger partial charge in [0.15, 0.2) is 5.82 Å². The van der Waals surface area contributed by atoms with E-state index in [9.17, 15) is 0 Å². The van der Waals surface area contributed by atoms with Crippen LogP contribution in [0, 0.1) is 0 Å². The van der Waals surface area contributed by atoms with Gasteiger partial charge >= 0.3 is 0 Å². The van der Waals surface area contributed by atoms with Crippen LogP contribution >= 0.6 is 0 Å². The van der Waals surface area contributed by atoms with Crippen molar-refractivity contribution in [2.45, 2.75) is 0 Å². The minimum atomic E-state index is 0.740. The largest absolute Gasteiger partial charge is 0.306 e. The maximum absolute atomic E-state index is 5.24. The fraction of sp³-hybridized carbons (Fsp3) is 0. The summed E-state index contributed by atoms with van der Waals surface area (Å²) in [5.41, 5.74) is 7.24. The van der Waals surface area contributed by atoms with Gasteiger partial charge in [0.05, 0.1) is 16.7 Å². The molecule has 5 aromatic carbocycles. The van der Waals surface area contributed by atoms with Crippen molar-refractivity contribution in [3.05, 3.63) is 127 Å². The number of benzene rings is 5. The number of aromatic nitrogens is 3. The van der Waals surface area contributed by atoms with Gasteiger partial charge in [0.1, 0.15) is 5.52 Å². The summed E-state index contributed by atoms with van der Waals surface area (Å²) < 4.78 is 2.29. The third kappa shape index (κ3) is 3.13. The van der Waals surface area contributed by atoms with Crippen LogP contribution in [0.15, 0.2) is 127 Å². The van der Waals surface area contributed by atoms with Gasteiger partial charge in [-0.3, -0.25) is 0 Å². The maximum Gasteiger partial charge on any atom is 0.161 e. The second-order valence-electron chi connectivity index (χ2n) is 8.67. The van der Waals surface area contributed by atoms with E-state index in [1.54, 1.807) is 0 Å². The molecular formula is C32H21N3. The average molecular weight is 448 g/mol. The lowest BCUT2D eigenvalue weighted by atomic mass is 10.0. The topological polar surface area (TPSA) is 30.7 Å². The van der Waals surface area contributed by atoms with Gasteiger partial charge in [-0.15, -0.1) is 0 Å². The lowest BCUT2D eigenvalue weighted by Crippen LogP contribution is -2.00. The number of nitrogens with zero attached hydrogens (tertiary/aromatic N) is 3. The minimum absolute atomic E-state index is 0.740. The summed E-state index contributed by atoms with van der Waals surface area (Å²) in [6.45, 7) is 0. The second kappa shape index (κ2) is 7.93. The summed E-state index contributed by atoms with van der Waals surface area (Å²) in [4.78, 5) is 10.5. The molecule has 7 rings (SSSR count). The first-order valence-corrected chi connectivity index (χ1v) is 11.8. The zero-order valence-electron chi connectivity index (χ0n) is 19.0. The first kappa shape index (κ1) is 19.7. The third-order valence-corrected chi connectivity index (χ3v) is 6.60.